The lowest BCUT2D eigenvalue weighted by Crippen LogP contribution is -2.39. The van der Waals surface area contributed by atoms with Crippen LogP contribution in [0.1, 0.15) is 13.8 Å². The first-order valence-corrected chi connectivity index (χ1v) is 5.53. The second-order valence-corrected chi connectivity index (χ2v) is 4.37. The highest BCUT2D eigenvalue weighted by Crippen LogP contribution is 2.21. The zero-order chi connectivity index (χ0) is 12.3. The average Bonchev–Trinajstić information content (AvgIpc) is 2.69. The lowest BCUT2D eigenvalue weighted by atomic mass is 10.0. The molecule has 94 valence electrons. The first kappa shape index (κ1) is 13.4. The molecule has 16 heavy (non-hydrogen) atoms. The number of ether oxygens (including phenoxy) is 2. The predicted octanol–water partition coefficient (Wildman–Crippen LogP) is 0.441. The molecule has 1 heterocycles. The zero-order valence-electron chi connectivity index (χ0n) is 10.3. The number of carbonyl (C=O) groups is 1. The fraction of sp³-hybridized carbons (Fsp3) is 0.909. The van der Waals surface area contributed by atoms with Crippen LogP contribution in [0.2, 0.25) is 0 Å². The number of carboxylic acid groups (broad SMARTS) is 1. The van der Waals surface area contributed by atoms with Gasteiger partial charge in [-0.3, -0.25) is 9.69 Å². The van der Waals surface area contributed by atoms with Crippen LogP contribution in [-0.2, 0) is 14.3 Å². The highest BCUT2D eigenvalue weighted by molar-refractivity contribution is 5.70. The SMILES string of the molecule is COC1CN(C(C)C(C)C(=O)O)CC1OC. The van der Waals surface area contributed by atoms with E-state index in [4.69, 9.17) is 14.6 Å². The summed E-state index contributed by atoms with van der Waals surface area (Å²) in [6, 6.07) is -0.00435. The molecule has 0 aromatic carbocycles. The standard InChI is InChI=1S/C11H21NO4/c1-7(11(13)14)8(2)12-5-9(15-3)10(6-12)16-4/h7-10H,5-6H2,1-4H3,(H,13,14). The molecule has 1 aliphatic heterocycles. The third kappa shape index (κ3) is 2.72. The van der Waals surface area contributed by atoms with Crippen LogP contribution in [0.5, 0.6) is 0 Å². The van der Waals surface area contributed by atoms with Crippen LogP contribution >= 0.6 is 0 Å². The van der Waals surface area contributed by atoms with E-state index in [9.17, 15) is 4.79 Å². The lowest BCUT2D eigenvalue weighted by Gasteiger charge is -2.26. The number of aliphatic carboxylic acids is 1. The van der Waals surface area contributed by atoms with E-state index < -0.39 is 5.97 Å². The number of methoxy groups -OCH3 is 2. The van der Waals surface area contributed by atoms with E-state index >= 15 is 0 Å². The van der Waals surface area contributed by atoms with Gasteiger partial charge in [0, 0.05) is 33.4 Å². The number of hydrogen-bond donors (Lipinski definition) is 1. The zero-order valence-corrected chi connectivity index (χ0v) is 10.3. The highest BCUT2D eigenvalue weighted by Gasteiger charge is 2.37. The van der Waals surface area contributed by atoms with Crippen molar-refractivity contribution in [1.29, 1.82) is 0 Å². The summed E-state index contributed by atoms with van der Waals surface area (Å²) in [6.45, 7) is 5.13. The van der Waals surface area contributed by atoms with Gasteiger partial charge in [-0.2, -0.15) is 0 Å². The van der Waals surface area contributed by atoms with E-state index in [0.29, 0.717) is 0 Å². The Labute approximate surface area is 96.3 Å². The molecular formula is C11H21NO4. The van der Waals surface area contributed by atoms with Gasteiger partial charge in [0.25, 0.3) is 0 Å². The maximum atomic E-state index is 10.9. The van der Waals surface area contributed by atoms with Crippen LogP contribution in [0.4, 0.5) is 0 Å². The Hall–Kier alpha value is -0.650. The van der Waals surface area contributed by atoms with Gasteiger partial charge in [-0.05, 0) is 6.92 Å². The summed E-state index contributed by atoms with van der Waals surface area (Å²) in [5.74, 6) is -1.14. The van der Waals surface area contributed by atoms with Crippen LogP contribution in [0, 0.1) is 5.92 Å². The smallest absolute Gasteiger partial charge is 0.307 e. The first-order valence-electron chi connectivity index (χ1n) is 5.53. The first-order chi connectivity index (χ1) is 7.51. The van der Waals surface area contributed by atoms with Gasteiger partial charge in [-0.1, -0.05) is 6.92 Å². The van der Waals surface area contributed by atoms with Gasteiger partial charge in [0.2, 0.25) is 0 Å². The van der Waals surface area contributed by atoms with E-state index in [1.165, 1.54) is 0 Å². The number of likely N-dealkylation sites (tertiary alicyclic amines) is 1. The normalized spacial score (nSPS) is 30.2. The second kappa shape index (κ2) is 5.61. The quantitative estimate of drug-likeness (QED) is 0.744. The molecule has 0 aliphatic carbocycles. The van der Waals surface area contributed by atoms with Crippen molar-refractivity contribution in [2.24, 2.45) is 5.92 Å². The van der Waals surface area contributed by atoms with Gasteiger partial charge < -0.3 is 14.6 Å². The predicted molar refractivity (Wildman–Crippen MR) is 59.4 cm³/mol. The van der Waals surface area contributed by atoms with Gasteiger partial charge in [-0.25, -0.2) is 0 Å². The number of nitrogens with zero attached hydrogens (tertiary/aromatic N) is 1. The third-order valence-corrected chi connectivity index (χ3v) is 3.54. The van der Waals surface area contributed by atoms with E-state index in [-0.39, 0.29) is 24.2 Å². The summed E-state index contributed by atoms with van der Waals surface area (Å²) in [4.78, 5) is 13.0. The Bertz CT molecular complexity index is 234. The minimum Gasteiger partial charge on any atom is -0.481 e. The number of carboxylic acids is 1. The molecule has 5 heteroatoms. The molecule has 0 saturated carbocycles. The summed E-state index contributed by atoms with van der Waals surface area (Å²) in [6.07, 6.45) is 0.0712. The fourth-order valence-corrected chi connectivity index (χ4v) is 2.08. The molecule has 4 atom stereocenters. The average molecular weight is 231 g/mol. The van der Waals surface area contributed by atoms with Gasteiger partial charge >= 0.3 is 5.97 Å². The van der Waals surface area contributed by atoms with Crippen molar-refractivity contribution >= 4 is 5.97 Å². The monoisotopic (exact) mass is 231 g/mol. The molecule has 0 aromatic rings. The molecule has 1 saturated heterocycles. The molecule has 0 spiro atoms. The summed E-state index contributed by atoms with van der Waals surface area (Å²) in [5, 5.41) is 8.97. The molecular weight excluding hydrogens is 210 g/mol. The Morgan fingerprint density at radius 2 is 1.69 bits per heavy atom. The summed E-state index contributed by atoms with van der Waals surface area (Å²) in [5.41, 5.74) is 0. The van der Waals surface area contributed by atoms with Crippen molar-refractivity contribution in [2.75, 3.05) is 27.3 Å². The molecule has 4 unspecified atom stereocenters. The molecule has 1 fully saturated rings. The van der Waals surface area contributed by atoms with Crippen molar-refractivity contribution in [1.82, 2.24) is 4.90 Å². The topological polar surface area (TPSA) is 59.0 Å². The molecule has 5 nitrogen and oxygen atoms in total. The Morgan fingerprint density at radius 1 is 1.25 bits per heavy atom. The summed E-state index contributed by atoms with van der Waals surface area (Å²) < 4.78 is 10.6. The minimum absolute atomic E-state index is 0.00435. The second-order valence-electron chi connectivity index (χ2n) is 4.37. The van der Waals surface area contributed by atoms with Gasteiger partial charge in [0.15, 0.2) is 0 Å². The van der Waals surface area contributed by atoms with E-state index in [1.807, 2.05) is 6.92 Å². The minimum atomic E-state index is -0.762. The molecule has 0 bridgehead atoms. The molecule has 1 rings (SSSR count). The molecule has 1 N–H and O–H groups in total. The fourth-order valence-electron chi connectivity index (χ4n) is 2.08. The maximum Gasteiger partial charge on any atom is 0.307 e. The van der Waals surface area contributed by atoms with Crippen LogP contribution in [0.15, 0.2) is 0 Å². The van der Waals surface area contributed by atoms with E-state index in [1.54, 1.807) is 21.1 Å². The lowest BCUT2D eigenvalue weighted by molar-refractivity contribution is -0.143. The molecule has 0 radical (unpaired) electrons. The van der Waals surface area contributed by atoms with Crippen LogP contribution in [-0.4, -0.2) is 61.5 Å². The Balaban J connectivity index is 2.60. The number of hydrogen-bond acceptors (Lipinski definition) is 4. The Kier molecular flexibility index (Phi) is 4.70. The van der Waals surface area contributed by atoms with Crippen molar-refractivity contribution < 1.29 is 19.4 Å². The highest BCUT2D eigenvalue weighted by atomic mass is 16.5. The van der Waals surface area contributed by atoms with Crippen LogP contribution in [0.25, 0.3) is 0 Å². The van der Waals surface area contributed by atoms with E-state index in [2.05, 4.69) is 4.90 Å². The van der Waals surface area contributed by atoms with Gasteiger partial charge in [-0.15, -0.1) is 0 Å². The van der Waals surface area contributed by atoms with Crippen molar-refractivity contribution in [3.05, 3.63) is 0 Å². The van der Waals surface area contributed by atoms with E-state index in [0.717, 1.165) is 13.1 Å². The Morgan fingerprint density at radius 3 is 2.00 bits per heavy atom. The molecule has 0 aromatic heterocycles. The van der Waals surface area contributed by atoms with Crippen LogP contribution in [0.3, 0.4) is 0 Å². The van der Waals surface area contributed by atoms with Crippen molar-refractivity contribution in [2.45, 2.75) is 32.1 Å². The molecule has 0 amide bonds. The van der Waals surface area contributed by atoms with Gasteiger partial charge in [0.1, 0.15) is 0 Å². The van der Waals surface area contributed by atoms with Crippen molar-refractivity contribution in [3.8, 4) is 0 Å². The molecule has 1 aliphatic rings. The van der Waals surface area contributed by atoms with Crippen LogP contribution < -0.4 is 0 Å². The van der Waals surface area contributed by atoms with Crippen molar-refractivity contribution in [3.63, 3.8) is 0 Å². The summed E-state index contributed by atoms with van der Waals surface area (Å²) in [7, 11) is 3.32. The van der Waals surface area contributed by atoms with Gasteiger partial charge in [0.05, 0.1) is 18.1 Å². The summed E-state index contributed by atoms with van der Waals surface area (Å²) >= 11 is 0. The number of rotatable bonds is 5. The maximum absolute atomic E-state index is 10.9. The third-order valence-electron chi connectivity index (χ3n) is 3.54. The largest absolute Gasteiger partial charge is 0.481 e.